The van der Waals surface area contributed by atoms with Crippen molar-refractivity contribution in [2.75, 3.05) is 5.73 Å². The van der Waals surface area contributed by atoms with Gasteiger partial charge < -0.3 is 32.6 Å². The topological polar surface area (TPSA) is 175 Å². The molecule has 6 rings (SSSR count). The van der Waals surface area contributed by atoms with Crippen LogP contribution in [-0.2, 0) is 15.1 Å². The number of ketones is 1. The van der Waals surface area contributed by atoms with E-state index in [0.717, 1.165) is 19.3 Å². The molecule has 0 aliphatic heterocycles. The molecule has 0 radical (unpaired) electrons. The van der Waals surface area contributed by atoms with Crippen LogP contribution >= 0.6 is 11.3 Å². The van der Waals surface area contributed by atoms with E-state index in [4.69, 9.17) is 21.9 Å². The van der Waals surface area contributed by atoms with Crippen LogP contribution in [0, 0.1) is 0 Å². The monoisotopic (exact) mass is 596 g/mol. The smallest absolute Gasteiger partial charge is 0.262 e. The summed E-state index contributed by atoms with van der Waals surface area (Å²) in [4.78, 5) is 44.4. The van der Waals surface area contributed by atoms with E-state index in [1.807, 2.05) is 6.07 Å². The first kappa shape index (κ1) is 28.5. The highest BCUT2D eigenvalue weighted by molar-refractivity contribution is 7.21. The Bertz CT molecular complexity index is 1740. The lowest BCUT2D eigenvalue weighted by atomic mass is 9.70. The second kappa shape index (κ2) is 11.3. The van der Waals surface area contributed by atoms with Gasteiger partial charge in [-0.25, -0.2) is 4.98 Å². The minimum Gasteiger partial charge on any atom is -0.439 e. The zero-order valence-electron chi connectivity index (χ0n) is 23.3. The van der Waals surface area contributed by atoms with Crippen LogP contribution in [0.3, 0.4) is 0 Å². The standard InChI is InChI=1S/C32H32N6O4S/c1-2-23(39)37-21-7-3-4-8-22(21)38-31(41)29-26-25-19(14-15-20(33)28(25)43-29)32(35,30(40)27(26)34)17-10-12-18(13-11-17)42-24-9-5-6-16-36-24/h2,5-6,9-16,21-22,27H,1,3-4,7-8,33-35H2,(H,37,39)(H,38,41)/t21-,22+,27?,32?/m0/s1. The Labute approximate surface area is 252 Å². The van der Waals surface area contributed by atoms with Crippen molar-refractivity contribution < 1.29 is 19.1 Å². The highest BCUT2D eigenvalue weighted by Crippen LogP contribution is 2.49. The third-order valence-electron chi connectivity index (χ3n) is 8.28. The normalized spacial score (nSPS) is 23.0. The number of pyridine rings is 1. The minimum atomic E-state index is -1.58. The van der Waals surface area contributed by atoms with Gasteiger partial charge in [0.05, 0.1) is 15.6 Å². The maximum Gasteiger partial charge on any atom is 0.262 e. The molecule has 0 saturated heterocycles. The van der Waals surface area contributed by atoms with E-state index < -0.39 is 17.4 Å². The van der Waals surface area contributed by atoms with E-state index >= 15 is 0 Å². The number of amides is 2. The van der Waals surface area contributed by atoms with Crippen molar-refractivity contribution in [3.63, 3.8) is 0 Å². The summed E-state index contributed by atoms with van der Waals surface area (Å²) in [6, 6.07) is 14.0. The second-order valence-electron chi connectivity index (χ2n) is 10.9. The van der Waals surface area contributed by atoms with Gasteiger partial charge in [0.25, 0.3) is 5.91 Å². The zero-order chi connectivity index (χ0) is 30.3. The van der Waals surface area contributed by atoms with Crippen LogP contribution in [0.25, 0.3) is 10.1 Å². The molecule has 43 heavy (non-hydrogen) atoms. The van der Waals surface area contributed by atoms with Gasteiger partial charge in [0.1, 0.15) is 11.3 Å². The van der Waals surface area contributed by atoms with Gasteiger partial charge in [0, 0.05) is 41.0 Å². The van der Waals surface area contributed by atoms with Gasteiger partial charge in [-0.3, -0.25) is 14.4 Å². The number of hydrogen-bond donors (Lipinski definition) is 5. The van der Waals surface area contributed by atoms with Crippen LogP contribution in [0.4, 0.5) is 5.69 Å². The first-order chi connectivity index (χ1) is 20.7. The summed E-state index contributed by atoms with van der Waals surface area (Å²) in [6.45, 7) is 3.53. The lowest BCUT2D eigenvalue weighted by Gasteiger charge is -2.37. The average molecular weight is 597 g/mol. The quantitative estimate of drug-likeness (QED) is 0.158. The number of carbonyl (C=O) groups is 3. The van der Waals surface area contributed by atoms with E-state index in [1.54, 1.807) is 54.7 Å². The summed E-state index contributed by atoms with van der Waals surface area (Å²) < 4.78 is 6.45. The SMILES string of the molecule is C=CC(=O)N[C@H]1CCCC[C@H]1NC(=O)c1sc2c(N)ccc3c2c1C(N)C(=O)C3(N)c1ccc(Oc2ccccn2)cc1. The van der Waals surface area contributed by atoms with Crippen LogP contribution in [0.15, 0.2) is 73.4 Å². The molecule has 2 aromatic heterocycles. The predicted octanol–water partition coefficient (Wildman–Crippen LogP) is 3.80. The highest BCUT2D eigenvalue weighted by atomic mass is 32.1. The molecular formula is C32H32N6O4S. The first-order valence-corrected chi connectivity index (χ1v) is 14.9. The van der Waals surface area contributed by atoms with Crippen molar-refractivity contribution in [2.24, 2.45) is 11.5 Å². The fraction of sp³-hybridized carbons (Fsp3) is 0.250. The molecule has 2 aliphatic rings. The van der Waals surface area contributed by atoms with Crippen molar-refractivity contribution in [3.05, 3.63) is 95.0 Å². The molecule has 2 heterocycles. The molecule has 4 aromatic rings. The predicted molar refractivity (Wildman–Crippen MR) is 166 cm³/mol. The number of thiophene rings is 1. The molecule has 1 saturated carbocycles. The van der Waals surface area contributed by atoms with E-state index in [9.17, 15) is 14.4 Å². The average Bonchev–Trinajstić information content (AvgIpc) is 3.43. The molecule has 4 atom stereocenters. The van der Waals surface area contributed by atoms with Crippen molar-refractivity contribution in [3.8, 4) is 11.6 Å². The number of benzene rings is 2. The minimum absolute atomic E-state index is 0.230. The number of rotatable bonds is 7. The number of hydrogen-bond acceptors (Lipinski definition) is 9. The van der Waals surface area contributed by atoms with E-state index in [-0.39, 0.29) is 23.9 Å². The molecule has 0 bridgehead atoms. The van der Waals surface area contributed by atoms with E-state index in [1.165, 1.54) is 17.4 Å². The fourth-order valence-corrected chi connectivity index (χ4v) is 7.32. The molecule has 10 nitrogen and oxygen atoms in total. The maximum absolute atomic E-state index is 14.1. The fourth-order valence-electron chi connectivity index (χ4n) is 6.11. The third kappa shape index (κ3) is 4.95. The number of nitrogens with zero attached hydrogens (tertiary/aromatic N) is 1. The number of nitrogen functional groups attached to an aromatic ring is 1. The molecule has 2 aromatic carbocycles. The van der Waals surface area contributed by atoms with E-state index in [0.29, 0.717) is 55.4 Å². The van der Waals surface area contributed by atoms with Crippen molar-refractivity contribution in [1.29, 1.82) is 0 Å². The van der Waals surface area contributed by atoms with Crippen LogP contribution in [0.2, 0.25) is 0 Å². The Balaban J connectivity index is 1.37. The van der Waals surface area contributed by atoms with Gasteiger partial charge in [0.15, 0.2) is 5.78 Å². The lowest BCUT2D eigenvalue weighted by molar-refractivity contribution is -0.124. The number of nitrogens with two attached hydrogens (primary N) is 3. The summed E-state index contributed by atoms with van der Waals surface area (Å²) in [7, 11) is 0. The van der Waals surface area contributed by atoms with Gasteiger partial charge >= 0.3 is 0 Å². The van der Waals surface area contributed by atoms with Gasteiger partial charge in [0.2, 0.25) is 11.8 Å². The zero-order valence-corrected chi connectivity index (χ0v) is 24.2. The molecule has 2 aliphatic carbocycles. The Hall–Kier alpha value is -4.58. The van der Waals surface area contributed by atoms with Crippen LogP contribution < -0.4 is 32.6 Å². The van der Waals surface area contributed by atoms with Crippen molar-refractivity contribution in [2.45, 2.75) is 49.3 Å². The number of carbonyl (C=O) groups excluding carboxylic acids is 3. The molecule has 2 amide bonds. The van der Waals surface area contributed by atoms with Gasteiger partial charge in [-0.1, -0.05) is 43.7 Å². The molecule has 2 unspecified atom stereocenters. The number of Topliss-reactive ketones (excluding diaryl/α,β-unsaturated/α-hetero) is 1. The molecule has 1 fully saturated rings. The van der Waals surface area contributed by atoms with Gasteiger partial charge in [-0.05, 0) is 54.3 Å². The molecular weight excluding hydrogens is 564 g/mol. The molecule has 8 N–H and O–H groups in total. The van der Waals surface area contributed by atoms with E-state index in [2.05, 4.69) is 22.2 Å². The number of ether oxygens (including phenoxy) is 1. The van der Waals surface area contributed by atoms with Crippen LogP contribution in [0.1, 0.15) is 58.1 Å². The Kier molecular flexibility index (Phi) is 7.47. The second-order valence-corrected chi connectivity index (χ2v) is 11.9. The third-order valence-corrected chi connectivity index (χ3v) is 9.54. The Morgan fingerprint density at radius 3 is 2.44 bits per heavy atom. The lowest BCUT2D eigenvalue weighted by Crippen LogP contribution is -2.54. The molecule has 0 spiro atoms. The number of nitrogens with one attached hydrogen (secondary N) is 2. The van der Waals surface area contributed by atoms with Crippen LogP contribution in [-0.4, -0.2) is 34.7 Å². The molecule has 11 heteroatoms. The van der Waals surface area contributed by atoms with Crippen LogP contribution in [0.5, 0.6) is 11.6 Å². The summed E-state index contributed by atoms with van der Waals surface area (Å²) in [5, 5.41) is 6.64. The maximum atomic E-state index is 14.1. The Morgan fingerprint density at radius 2 is 1.77 bits per heavy atom. The first-order valence-electron chi connectivity index (χ1n) is 14.1. The number of aromatic nitrogens is 1. The van der Waals surface area contributed by atoms with Gasteiger partial charge in [-0.15, -0.1) is 11.3 Å². The summed E-state index contributed by atoms with van der Waals surface area (Å²) in [5.41, 5.74) is 20.4. The van der Waals surface area contributed by atoms with Gasteiger partial charge in [-0.2, -0.15) is 0 Å². The summed E-state index contributed by atoms with van der Waals surface area (Å²) in [6.07, 6.45) is 6.16. The summed E-state index contributed by atoms with van der Waals surface area (Å²) >= 11 is 1.20. The summed E-state index contributed by atoms with van der Waals surface area (Å²) in [5.74, 6) is -0.129. The van der Waals surface area contributed by atoms with Crippen molar-refractivity contribution >= 4 is 44.7 Å². The largest absolute Gasteiger partial charge is 0.439 e. The Morgan fingerprint density at radius 1 is 1.05 bits per heavy atom. The highest BCUT2D eigenvalue weighted by Gasteiger charge is 2.49. The number of anilines is 1. The van der Waals surface area contributed by atoms with Crippen molar-refractivity contribution in [1.82, 2.24) is 15.6 Å². The molecule has 220 valence electrons.